The Morgan fingerprint density at radius 2 is 1.74 bits per heavy atom. The molecule has 31 heavy (non-hydrogen) atoms. The van der Waals surface area contributed by atoms with E-state index in [1.807, 2.05) is 13.8 Å². The fourth-order valence-electron chi connectivity index (χ4n) is 3.56. The summed E-state index contributed by atoms with van der Waals surface area (Å²) in [6.45, 7) is 5.54. The molecule has 3 rings (SSSR count). The van der Waals surface area contributed by atoms with Crippen molar-refractivity contribution >= 4 is 27.5 Å². The van der Waals surface area contributed by atoms with Gasteiger partial charge in [0, 0.05) is 30.9 Å². The molecule has 0 saturated carbocycles. The third kappa shape index (κ3) is 5.85. The number of nitrogens with zero attached hydrogens (tertiary/aromatic N) is 1. The number of piperidine rings is 1. The molecule has 1 heterocycles. The van der Waals surface area contributed by atoms with Crippen molar-refractivity contribution in [2.75, 3.05) is 24.4 Å². The summed E-state index contributed by atoms with van der Waals surface area (Å²) in [5.74, 6) is -0.342. The van der Waals surface area contributed by atoms with Crippen molar-refractivity contribution in [1.29, 1.82) is 0 Å². The van der Waals surface area contributed by atoms with Crippen LogP contribution in [-0.2, 0) is 14.8 Å². The second-order valence-electron chi connectivity index (χ2n) is 7.88. The SMILES string of the molecule is CCCNC(=O)C1CCCN(C(=O)c2ccc(NS(=O)(=O)c3ccc(C)cc3)cc2)C1. The van der Waals surface area contributed by atoms with Crippen molar-refractivity contribution in [2.24, 2.45) is 5.92 Å². The van der Waals surface area contributed by atoms with E-state index >= 15 is 0 Å². The fourth-order valence-corrected chi connectivity index (χ4v) is 4.62. The Morgan fingerprint density at radius 1 is 1.06 bits per heavy atom. The monoisotopic (exact) mass is 443 g/mol. The van der Waals surface area contributed by atoms with Crippen LogP contribution in [0.1, 0.15) is 42.1 Å². The van der Waals surface area contributed by atoms with E-state index in [9.17, 15) is 18.0 Å². The summed E-state index contributed by atoms with van der Waals surface area (Å²) >= 11 is 0. The summed E-state index contributed by atoms with van der Waals surface area (Å²) in [5, 5.41) is 2.90. The van der Waals surface area contributed by atoms with Crippen LogP contribution in [0.4, 0.5) is 5.69 Å². The third-order valence-electron chi connectivity index (χ3n) is 5.34. The number of amides is 2. The average Bonchev–Trinajstić information content (AvgIpc) is 2.77. The first-order chi connectivity index (χ1) is 14.8. The van der Waals surface area contributed by atoms with Crippen LogP contribution < -0.4 is 10.0 Å². The molecule has 0 aliphatic carbocycles. The second kappa shape index (κ2) is 9.96. The maximum Gasteiger partial charge on any atom is 0.261 e. The largest absolute Gasteiger partial charge is 0.356 e. The highest BCUT2D eigenvalue weighted by Crippen LogP contribution is 2.21. The summed E-state index contributed by atoms with van der Waals surface area (Å²) < 4.78 is 27.6. The number of aryl methyl sites for hydroxylation is 1. The number of carbonyl (C=O) groups is 2. The molecule has 166 valence electrons. The van der Waals surface area contributed by atoms with Gasteiger partial charge in [-0.25, -0.2) is 8.42 Å². The number of anilines is 1. The zero-order valence-corrected chi connectivity index (χ0v) is 18.7. The quantitative estimate of drug-likeness (QED) is 0.687. The lowest BCUT2D eigenvalue weighted by Gasteiger charge is -2.32. The van der Waals surface area contributed by atoms with Gasteiger partial charge in [0.2, 0.25) is 5.91 Å². The van der Waals surface area contributed by atoms with Crippen LogP contribution in [-0.4, -0.2) is 44.8 Å². The summed E-state index contributed by atoms with van der Waals surface area (Å²) in [4.78, 5) is 27.0. The highest BCUT2D eigenvalue weighted by atomic mass is 32.2. The van der Waals surface area contributed by atoms with Crippen molar-refractivity contribution in [3.05, 3.63) is 59.7 Å². The molecule has 8 heteroatoms. The topological polar surface area (TPSA) is 95.6 Å². The number of hydrogen-bond donors (Lipinski definition) is 2. The Labute approximate surface area is 183 Å². The number of rotatable bonds is 7. The number of nitrogens with one attached hydrogen (secondary N) is 2. The second-order valence-corrected chi connectivity index (χ2v) is 9.56. The van der Waals surface area contributed by atoms with E-state index in [0.29, 0.717) is 30.9 Å². The summed E-state index contributed by atoms with van der Waals surface area (Å²) in [5.41, 5.74) is 1.82. The number of carbonyl (C=O) groups excluding carboxylic acids is 2. The molecule has 2 amide bonds. The van der Waals surface area contributed by atoms with Gasteiger partial charge in [-0.2, -0.15) is 0 Å². The average molecular weight is 444 g/mol. The third-order valence-corrected chi connectivity index (χ3v) is 6.74. The first-order valence-corrected chi connectivity index (χ1v) is 12.0. The molecule has 2 N–H and O–H groups in total. The Bertz CT molecular complexity index is 1020. The van der Waals surface area contributed by atoms with E-state index in [1.54, 1.807) is 53.4 Å². The van der Waals surface area contributed by atoms with Crippen molar-refractivity contribution in [3.63, 3.8) is 0 Å². The van der Waals surface area contributed by atoms with Crippen molar-refractivity contribution in [2.45, 2.75) is 38.0 Å². The molecule has 2 aromatic rings. The molecule has 1 saturated heterocycles. The number of sulfonamides is 1. The molecule has 0 bridgehead atoms. The lowest BCUT2D eigenvalue weighted by Crippen LogP contribution is -2.45. The minimum Gasteiger partial charge on any atom is -0.356 e. The molecule has 1 atom stereocenters. The molecular formula is C23H29N3O4S. The Hall–Kier alpha value is -2.87. The summed E-state index contributed by atoms with van der Waals surface area (Å²) in [6.07, 6.45) is 2.44. The van der Waals surface area contributed by atoms with Gasteiger partial charge in [0.05, 0.1) is 10.8 Å². The molecular weight excluding hydrogens is 414 g/mol. The van der Waals surface area contributed by atoms with E-state index in [1.165, 1.54) is 0 Å². The van der Waals surface area contributed by atoms with Gasteiger partial charge in [-0.15, -0.1) is 0 Å². The van der Waals surface area contributed by atoms with E-state index in [0.717, 1.165) is 24.8 Å². The number of benzene rings is 2. The minimum atomic E-state index is -3.70. The van der Waals surface area contributed by atoms with Crippen LogP contribution in [0.2, 0.25) is 0 Å². The first-order valence-electron chi connectivity index (χ1n) is 10.6. The molecule has 1 fully saturated rings. The van der Waals surface area contributed by atoms with Crippen LogP contribution in [0.25, 0.3) is 0 Å². The Balaban J connectivity index is 1.64. The first kappa shape index (κ1) is 22.8. The van der Waals surface area contributed by atoms with Crippen molar-refractivity contribution in [1.82, 2.24) is 10.2 Å². The van der Waals surface area contributed by atoms with Gasteiger partial charge in [0.15, 0.2) is 0 Å². The lowest BCUT2D eigenvalue weighted by atomic mass is 9.96. The van der Waals surface area contributed by atoms with E-state index < -0.39 is 10.0 Å². The predicted molar refractivity (Wildman–Crippen MR) is 120 cm³/mol. The van der Waals surface area contributed by atoms with Gasteiger partial charge in [-0.3, -0.25) is 14.3 Å². The smallest absolute Gasteiger partial charge is 0.261 e. The predicted octanol–water partition coefficient (Wildman–Crippen LogP) is 3.17. The Morgan fingerprint density at radius 3 is 2.39 bits per heavy atom. The van der Waals surface area contributed by atoms with Crippen molar-refractivity contribution < 1.29 is 18.0 Å². The van der Waals surface area contributed by atoms with Gasteiger partial charge >= 0.3 is 0 Å². The summed E-state index contributed by atoms with van der Waals surface area (Å²) in [7, 11) is -3.70. The van der Waals surface area contributed by atoms with Crippen LogP contribution in [0.5, 0.6) is 0 Å². The molecule has 1 aliphatic rings. The molecule has 0 aromatic heterocycles. The highest BCUT2D eigenvalue weighted by Gasteiger charge is 2.28. The molecule has 0 radical (unpaired) electrons. The molecule has 2 aromatic carbocycles. The maximum absolute atomic E-state index is 12.9. The molecule has 1 unspecified atom stereocenters. The van der Waals surface area contributed by atoms with E-state index in [4.69, 9.17) is 0 Å². The van der Waals surface area contributed by atoms with E-state index in [-0.39, 0.29) is 22.6 Å². The van der Waals surface area contributed by atoms with Crippen LogP contribution in [0, 0.1) is 12.8 Å². The van der Waals surface area contributed by atoms with Crippen LogP contribution in [0.3, 0.4) is 0 Å². The lowest BCUT2D eigenvalue weighted by molar-refractivity contribution is -0.126. The van der Waals surface area contributed by atoms with Gasteiger partial charge in [-0.1, -0.05) is 24.6 Å². The van der Waals surface area contributed by atoms with Crippen molar-refractivity contribution in [3.8, 4) is 0 Å². The maximum atomic E-state index is 12.9. The highest BCUT2D eigenvalue weighted by molar-refractivity contribution is 7.92. The molecule has 0 spiro atoms. The minimum absolute atomic E-state index is 0.000195. The zero-order chi connectivity index (χ0) is 22.4. The van der Waals surface area contributed by atoms with Gasteiger partial charge in [0.1, 0.15) is 0 Å². The standard InChI is InChI=1S/C23H29N3O4S/c1-3-14-24-22(27)19-5-4-15-26(16-19)23(28)18-8-10-20(11-9-18)25-31(29,30)21-12-6-17(2)7-13-21/h6-13,19,25H,3-5,14-16H2,1-2H3,(H,24,27). The molecule has 7 nitrogen and oxygen atoms in total. The molecule has 1 aliphatic heterocycles. The van der Waals surface area contributed by atoms with Gasteiger partial charge in [0.25, 0.3) is 15.9 Å². The normalized spacial score (nSPS) is 16.6. The number of hydrogen-bond acceptors (Lipinski definition) is 4. The van der Waals surface area contributed by atoms with Crippen LogP contribution >= 0.6 is 0 Å². The van der Waals surface area contributed by atoms with E-state index in [2.05, 4.69) is 10.0 Å². The van der Waals surface area contributed by atoms with Gasteiger partial charge < -0.3 is 10.2 Å². The zero-order valence-electron chi connectivity index (χ0n) is 17.9. The number of likely N-dealkylation sites (tertiary alicyclic amines) is 1. The Kier molecular flexibility index (Phi) is 7.33. The van der Waals surface area contributed by atoms with Gasteiger partial charge in [-0.05, 0) is 62.6 Å². The fraction of sp³-hybridized carbons (Fsp3) is 0.391. The van der Waals surface area contributed by atoms with Crippen LogP contribution in [0.15, 0.2) is 53.4 Å². The summed E-state index contributed by atoms with van der Waals surface area (Å²) in [6, 6.07) is 13.0.